The van der Waals surface area contributed by atoms with E-state index in [-0.39, 0.29) is 12.0 Å². The van der Waals surface area contributed by atoms with Crippen LogP contribution in [0, 0.1) is 0 Å². The molecule has 0 fully saturated rings. The molecule has 4 heteroatoms. The highest BCUT2D eigenvalue weighted by Crippen LogP contribution is 2.30. The van der Waals surface area contributed by atoms with E-state index in [1.807, 2.05) is 12.1 Å². The smallest absolute Gasteiger partial charge is 0.0931 e. The summed E-state index contributed by atoms with van der Waals surface area (Å²) in [7, 11) is 0. The first-order valence-corrected chi connectivity index (χ1v) is 5.46. The van der Waals surface area contributed by atoms with Gasteiger partial charge in [-0.05, 0) is 25.5 Å². The first-order valence-electron chi connectivity index (χ1n) is 4.27. The van der Waals surface area contributed by atoms with Gasteiger partial charge in [0.1, 0.15) is 0 Å². The fourth-order valence-electron chi connectivity index (χ4n) is 1.29. The Morgan fingerprint density at radius 2 is 2.31 bits per heavy atom. The first-order chi connectivity index (χ1) is 6.13. The van der Waals surface area contributed by atoms with E-state index in [2.05, 4.69) is 0 Å². The van der Waals surface area contributed by atoms with Gasteiger partial charge in [0.25, 0.3) is 0 Å². The van der Waals surface area contributed by atoms with Gasteiger partial charge >= 0.3 is 0 Å². The molecule has 0 saturated heterocycles. The summed E-state index contributed by atoms with van der Waals surface area (Å²) in [6.45, 7) is 2.33. The number of thiophene rings is 1. The SMILES string of the molecule is CC(O)CC(CN)c1ccc(Cl)s1. The molecular weight excluding hydrogens is 206 g/mol. The van der Waals surface area contributed by atoms with Gasteiger partial charge in [-0.2, -0.15) is 0 Å². The Balaban J connectivity index is 2.66. The summed E-state index contributed by atoms with van der Waals surface area (Å²) < 4.78 is 0.777. The maximum absolute atomic E-state index is 9.24. The minimum atomic E-state index is -0.311. The van der Waals surface area contributed by atoms with Crippen molar-refractivity contribution in [2.45, 2.75) is 25.4 Å². The van der Waals surface area contributed by atoms with Crippen molar-refractivity contribution in [3.63, 3.8) is 0 Å². The van der Waals surface area contributed by atoms with Crippen LogP contribution in [0.1, 0.15) is 24.1 Å². The van der Waals surface area contributed by atoms with Gasteiger partial charge in [0.15, 0.2) is 0 Å². The molecule has 1 rings (SSSR count). The van der Waals surface area contributed by atoms with Gasteiger partial charge in [-0.1, -0.05) is 11.6 Å². The molecule has 0 bridgehead atoms. The zero-order chi connectivity index (χ0) is 9.84. The third kappa shape index (κ3) is 3.27. The summed E-state index contributed by atoms with van der Waals surface area (Å²) in [5.41, 5.74) is 5.61. The van der Waals surface area contributed by atoms with Crippen LogP contribution in [0.15, 0.2) is 12.1 Å². The normalized spacial score (nSPS) is 15.7. The standard InChI is InChI=1S/C9H14ClNOS/c1-6(12)4-7(5-11)8-2-3-9(10)13-8/h2-3,6-7,12H,4-5,11H2,1H3. The Bertz CT molecular complexity index is 262. The van der Waals surface area contributed by atoms with Crippen molar-refractivity contribution in [1.82, 2.24) is 0 Å². The van der Waals surface area contributed by atoms with Crippen LogP contribution in [0.25, 0.3) is 0 Å². The third-order valence-corrected chi connectivity index (χ3v) is 3.30. The number of hydrogen-bond acceptors (Lipinski definition) is 3. The Morgan fingerprint density at radius 3 is 2.69 bits per heavy atom. The minimum absolute atomic E-state index is 0.234. The molecule has 0 aromatic carbocycles. The van der Waals surface area contributed by atoms with Crippen LogP contribution in [0.4, 0.5) is 0 Å². The molecule has 2 atom stereocenters. The molecule has 1 heterocycles. The monoisotopic (exact) mass is 219 g/mol. The van der Waals surface area contributed by atoms with E-state index < -0.39 is 0 Å². The molecule has 2 unspecified atom stereocenters. The zero-order valence-corrected chi connectivity index (χ0v) is 9.11. The molecule has 0 amide bonds. The van der Waals surface area contributed by atoms with Crippen LogP contribution < -0.4 is 5.73 Å². The second-order valence-corrected chi connectivity index (χ2v) is 4.91. The lowest BCUT2D eigenvalue weighted by Gasteiger charge is -2.14. The van der Waals surface area contributed by atoms with E-state index in [1.165, 1.54) is 11.3 Å². The van der Waals surface area contributed by atoms with Crippen molar-refractivity contribution in [1.29, 1.82) is 0 Å². The average Bonchev–Trinajstić information content (AvgIpc) is 2.47. The Hall–Kier alpha value is -0.0900. The van der Waals surface area contributed by atoms with Gasteiger partial charge < -0.3 is 10.8 Å². The second kappa shape index (κ2) is 4.96. The quantitative estimate of drug-likeness (QED) is 0.816. The Morgan fingerprint density at radius 1 is 1.62 bits per heavy atom. The number of halogens is 1. The molecular formula is C9H14ClNOS. The molecule has 1 aromatic heterocycles. The van der Waals surface area contributed by atoms with Crippen molar-refractivity contribution < 1.29 is 5.11 Å². The average molecular weight is 220 g/mol. The maximum atomic E-state index is 9.24. The van der Waals surface area contributed by atoms with Gasteiger partial charge in [0.2, 0.25) is 0 Å². The van der Waals surface area contributed by atoms with Crippen molar-refractivity contribution >= 4 is 22.9 Å². The van der Waals surface area contributed by atoms with Crippen LogP contribution >= 0.6 is 22.9 Å². The largest absolute Gasteiger partial charge is 0.393 e. The molecule has 2 nitrogen and oxygen atoms in total. The molecule has 1 aromatic rings. The highest BCUT2D eigenvalue weighted by molar-refractivity contribution is 7.16. The van der Waals surface area contributed by atoms with Gasteiger partial charge in [-0.3, -0.25) is 0 Å². The van der Waals surface area contributed by atoms with Crippen molar-refractivity contribution in [3.05, 3.63) is 21.3 Å². The molecule has 0 radical (unpaired) electrons. The molecule has 74 valence electrons. The van der Waals surface area contributed by atoms with Crippen LogP contribution in [-0.4, -0.2) is 17.8 Å². The highest BCUT2D eigenvalue weighted by atomic mass is 35.5. The summed E-state index contributed by atoms with van der Waals surface area (Å²) >= 11 is 7.35. The van der Waals surface area contributed by atoms with E-state index in [1.54, 1.807) is 6.92 Å². The summed E-state index contributed by atoms with van der Waals surface area (Å²) in [6, 6.07) is 3.85. The topological polar surface area (TPSA) is 46.2 Å². The summed E-state index contributed by atoms with van der Waals surface area (Å²) in [5.74, 6) is 0.234. The highest BCUT2D eigenvalue weighted by Gasteiger charge is 2.14. The van der Waals surface area contributed by atoms with Gasteiger partial charge in [-0.15, -0.1) is 11.3 Å². The predicted molar refractivity (Wildman–Crippen MR) is 57.4 cm³/mol. The lowest BCUT2D eigenvalue weighted by molar-refractivity contribution is 0.175. The first kappa shape index (κ1) is 11.0. The van der Waals surface area contributed by atoms with E-state index in [9.17, 15) is 5.11 Å². The zero-order valence-electron chi connectivity index (χ0n) is 7.53. The van der Waals surface area contributed by atoms with E-state index >= 15 is 0 Å². The van der Waals surface area contributed by atoms with Crippen molar-refractivity contribution in [2.24, 2.45) is 5.73 Å². The third-order valence-electron chi connectivity index (χ3n) is 1.91. The number of nitrogens with two attached hydrogens (primary N) is 1. The van der Waals surface area contributed by atoms with E-state index in [0.717, 1.165) is 9.21 Å². The molecule has 0 aliphatic carbocycles. The number of aliphatic hydroxyl groups excluding tert-OH is 1. The van der Waals surface area contributed by atoms with Crippen LogP contribution in [0.5, 0.6) is 0 Å². The minimum Gasteiger partial charge on any atom is -0.393 e. The molecule has 13 heavy (non-hydrogen) atoms. The van der Waals surface area contributed by atoms with Crippen molar-refractivity contribution in [3.8, 4) is 0 Å². The Labute approximate surface area is 87.3 Å². The van der Waals surface area contributed by atoms with Gasteiger partial charge in [0, 0.05) is 17.3 Å². The molecule has 0 saturated carbocycles. The number of hydrogen-bond donors (Lipinski definition) is 2. The molecule has 0 aliphatic heterocycles. The van der Waals surface area contributed by atoms with E-state index in [0.29, 0.717) is 13.0 Å². The summed E-state index contributed by atoms with van der Waals surface area (Å²) in [4.78, 5) is 1.16. The number of aliphatic hydroxyl groups is 1. The van der Waals surface area contributed by atoms with Gasteiger partial charge in [-0.25, -0.2) is 0 Å². The Kier molecular flexibility index (Phi) is 4.19. The summed E-state index contributed by atoms with van der Waals surface area (Å²) in [5, 5.41) is 9.24. The molecule has 0 aliphatic rings. The second-order valence-electron chi connectivity index (χ2n) is 3.16. The van der Waals surface area contributed by atoms with Crippen molar-refractivity contribution in [2.75, 3.05) is 6.54 Å². The van der Waals surface area contributed by atoms with Crippen LogP contribution in [0.3, 0.4) is 0 Å². The van der Waals surface area contributed by atoms with Gasteiger partial charge in [0.05, 0.1) is 10.4 Å². The fourth-order valence-corrected chi connectivity index (χ4v) is 2.47. The number of rotatable bonds is 4. The maximum Gasteiger partial charge on any atom is 0.0931 e. The molecule has 0 spiro atoms. The van der Waals surface area contributed by atoms with Crippen LogP contribution in [-0.2, 0) is 0 Å². The molecule has 3 N–H and O–H groups in total. The van der Waals surface area contributed by atoms with Crippen LogP contribution in [0.2, 0.25) is 4.34 Å². The van der Waals surface area contributed by atoms with E-state index in [4.69, 9.17) is 17.3 Å². The lowest BCUT2D eigenvalue weighted by atomic mass is 10.0. The predicted octanol–water partition coefficient (Wildman–Crippen LogP) is 2.21. The lowest BCUT2D eigenvalue weighted by Crippen LogP contribution is -2.16. The fraction of sp³-hybridized carbons (Fsp3) is 0.556. The summed E-state index contributed by atoms with van der Waals surface area (Å²) in [6.07, 6.45) is 0.391.